The summed E-state index contributed by atoms with van der Waals surface area (Å²) in [6.45, 7) is 0.0664. The van der Waals surface area contributed by atoms with Crippen LogP contribution >= 0.6 is 0 Å². The van der Waals surface area contributed by atoms with Crippen LogP contribution in [0.2, 0.25) is 0 Å². The minimum atomic E-state index is -1.06. The van der Waals surface area contributed by atoms with E-state index in [1.165, 1.54) is 17.0 Å². The normalized spacial score (nSPS) is 15.4. The van der Waals surface area contributed by atoms with Gasteiger partial charge in [0.1, 0.15) is 11.6 Å². The summed E-state index contributed by atoms with van der Waals surface area (Å²) >= 11 is 0. The molecule has 3 aromatic carbocycles. The van der Waals surface area contributed by atoms with E-state index in [4.69, 9.17) is 13.9 Å². The van der Waals surface area contributed by atoms with Gasteiger partial charge in [-0.3, -0.25) is 14.9 Å². The topological polar surface area (TPSA) is 124 Å². The Kier molecular flexibility index (Phi) is 7.28. The van der Waals surface area contributed by atoms with E-state index >= 15 is 0 Å². The number of nitrogens with one attached hydrogen (secondary N) is 1. The third-order valence-electron chi connectivity index (χ3n) is 7.65. The van der Waals surface area contributed by atoms with Gasteiger partial charge in [0, 0.05) is 12.6 Å². The summed E-state index contributed by atoms with van der Waals surface area (Å²) in [5.41, 5.74) is -0.254. The molecule has 1 amide bonds. The molecule has 2 heterocycles. The maximum atomic E-state index is 14.2. The number of hydrogen-bond donors (Lipinski definition) is 1. The largest absolute Gasteiger partial charge is 0.454 e. The molecule has 4 aromatic rings. The molecule has 1 aliphatic carbocycles. The van der Waals surface area contributed by atoms with E-state index in [2.05, 4.69) is 5.32 Å². The lowest BCUT2D eigenvalue weighted by Gasteiger charge is -2.34. The lowest BCUT2D eigenvalue weighted by molar-refractivity contribution is -0.382. The molecule has 41 heavy (non-hydrogen) atoms. The highest BCUT2D eigenvalue weighted by atomic mass is 16.7. The Balaban J connectivity index is 1.54. The second-order valence-corrected chi connectivity index (χ2v) is 10.3. The maximum absolute atomic E-state index is 14.2. The van der Waals surface area contributed by atoms with Crippen molar-refractivity contribution in [1.82, 2.24) is 5.32 Å². The molecule has 1 aromatic heterocycles. The molecule has 10 nitrogen and oxygen atoms in total. The van der Waals surface area contributed by atoms with Crippen molar-refractivity contribution in [3.05, 3.63) is 104 Å². The van der Waals surface area contributed by atoms with Crippen molar-refractivity contribution in [2.75, 3.05) is 11.7 Å². The third kappa shape index (κ3) is 5.32. The van der Waals surface area contributed by atoms with Crippen molar-refractivity contribution in [1.29, 1.82) is 0 Å². The van der Waals surface area contributed by atoms with Crippen LogP contribution in [0, 0.1) is 10.1 Å². The summed E-state index contributed by atoms with van der Waals surface area (Å²) in [5.74, 6) is 0.752. The second-order valence-electron chi connectivity index (χ2n) is 10.3. The first kappa shape index (κ1) is 26.4. The van der Waals surface area contributed by atoms with Crippen LogP contribution in [0.15, 0.2) is 82.0 Å². The van der Waals surface area contributed by atoms with Crippen molar-refractivity contribution in [3.8, 4) is 11.5 Å². The number of amides is 1. The molecular formula is C31H29N3O7. The monoisotopic (exact) mass is 555 g/mol. The quantitative estimate of drug-likeness (QED) is 0.169. The Morgan fingerprint density at radius 3 is 2.49 bits per heavy atom. The molecule has 0 spiro atoms. The van der Waals surface area contributed by atoms with Gasteiger partial charge >= 0.3 is 11.3 Å². The summed E-state index contributed by atoms with van der Waals surface area (Å²) in [5, 5.41) is 15.9. The molecule has 0 saturated heterocycles. The van der Waals surface area contributed by atoms with Gasteiger partial charge in [0.2, 0.25) is 18.4 Å². The van der Waals surface area contributed by atoms with Gasteiger partial charge in [-0.15, -0.1) is 0 Å². The molecule has 2 aliphatic rings. The number of benzene rings is 3. The fraction of sp³-hybridized carbons (Fsp3) is 0.290. The lowest BCUT2D eigenvalue weighted by Crippen LogP contribution is -2.46. The summed E-state index contributed by atoms with van der Waals surface area (Å²) in [6.07, 6.45) is 4.86. The first-order chi connectivity index (χ1) is 20.0. The van der Waals surface area contributed by atoms with Gasteiger partial charge in [0.15, 0.2) is 11.5 Å². The van der Waals surface area contributed by atoms with Crippen LogP contribution in [0.3, 0.4) is 0 Å². The van der Waals surface area contributed by atoms with Gasteiger partial charge in [-0.1, -0.05) is 67.8 Å². The van der Waals surface area contributed by atoms with Crippen molar-refractivity contribution < 1.29 is 23.6 Å². The predicted octanol–water partition coefficient (Wildman–Crippen LogP) is 5.63. The average Bonchev–Trinajstić information content (AvgIpc) is 3.45. The standard InChI is InChI=1S/C31H29N3O7/c35-30(32-22-11-5-2-6-12-22)27(21-9-3-1-4-10-21)33(18-20-15-16-25-26(17-20)40-19-39-25)29-28(34(37)38)23-13-7-8-14-24(23)41-31(29)36/h1,3-4,7-10,13-17,22,27H,2,5-6,11-12,18-19H2,(H,32,35). The van der Waals surface area contributed by atoms with Crippen LogP contribution in [-0.4, -0.2) is 23.7 Å². The van der Waals surface area contributed by atoms with Gasteiger partial charge in [-0.05, 0) is 48.2 Å². The molecule has 210 valence electrons. The first-order valence-corrected chi connectivity index (χ1v) is 13.7. The van der Waals surface area contributed by atoms with Crippen LogP contribution in [0.5, 0.6) is 11.5 Å². The molecule has 0 bridgehead atoms. The Bertz CT molecular complexity index is 1650. The van der Waals surface area contributed by atoms with E-state index in [1.54, 1.807) is 54.6 Å². The van der Waals surface area contributed by atoms with E-state index in [9.17, 15) is 19.7 Å². The van der Waals surface area contributed by atoms with Crippen LogP contribution in [0.4, 0.5) is 11.4 Å². The van der Waals surface area contributed by atoms with Gasteiger partial charge < -0.3 is 24.1 Å². The Hall–Kier alpha value is -4.86. The molecule has 0 radical (unpaired) electrons. The van der Waals surface area contributed by atoms with Crippen molar-refractivity contribution in [2.45, 2.75) is 50.7 Å². The highest BCUT2D eigenvalue weighted by Gasteiger charge is 2.37. The van der Waals surface area contributed by atoms with Crippen LogP contribution in [0.25, 0.3) is 11.0 Å². The number of carbonyl (C=O) groups excluding carboxylic acids is 1. The average molecular weight is 556 g/mol. The summed E-state index contributed by atoms with van der Waals surface area (Å²) in [7, 11) is 0. The lowest BCUT2D eigenvalue weighted by atomic mass is 9.94. The zero-order valence-corrected chi connectivity index (χ0v) is 22.3. The minimum Gasteiger partial charge on any atom is -0.454 e. The Morgan fingerprint density at radius 2 is 1.71 bits per heavy atom. The number of nitro groups is 1. The highest BCUT2D eigenvalue weighted by Crippen LogP contribution is 2.39. The maximum Gasteiger partial charge on any atom is 0.367 e. The number of ether oxygens (including phenoxy) is 2. The number of anilines is 1. The van der Waals surface area contributed by atoms with Crippen molar-refractivity contribution in [2.24, 2.45) is 0 Å². The van der Waals surface area contributed by atoms with Crippen LogP contribution in [0.1, 0.15) is 49.3 Å². The van der Waals surface area contributed by atoms with E-state index in [0.29, 0.717) is 22.6 Å². The fourth-order valence-electron chi connectivity index (χ4n) is 5.73. The molecular weight excluding hydrogens is 526 g/mol. The molecule has 1 fully saturated rings. The first-order valence-electron chi connectivity index (χ1n) is 13.7. The number of fused-ring (bicyclic) bond motifs is 2. The molecule has 1 aliphatic heterocycles. The second kappa shape index (κ2) is 11.3. The van der Waals surface area contributed by atoms with Crippen molar-refractivity contribution in [3.63, 3.8) is 0 Å². The number of carbonyl (C=O) groups is 1. The van der Waals surface area contributed by atoms with Crippen molar-refractivity contribution >= 4 is 28.3 Å². The summed E-state index contributed by atoms with van der Waals surface area (Å²) in [4.78, 5) is 41.3. The fourth-order valence-corrected chi connectivity index (χ4v) is 5.73. The number of hydrogen-bond acceptors (Lipinski definition) is 8. The SMILES string of the molecule is O=C(NC1CCCCC1)C(c1ccccc1)N(Cc1ccc2c(c1)OCO2)c1c([N+](=O)[O-])c2ccccc2oc1=O. The molecule has 1 unspecified atom stereocenters. The zero-order valence-electron chi connectivity index (χ0n) is 22.3. The third-order valence-corrected chi connectivity index (χ3v) is 7.65. The van der Waals surface area contributed by atoms with Gasteiger partial charge in [0.25, 0.3) is 0 Å². The smallest absolute Gasteiger partial charge is 0.367 e. The molecule has 6 rings (SSSR count). The Labute approximate surface area is 235 Å². The van der Waals surface area contributed by atoms with E-state index in [-0.39, 0.29) is 41.9 Å². The van der Waals surface area contributed by atoms with Crippen LogP contribution in [-0.2, 0) is 11.3 Å². The number of nitrogens with zero attached hydrogens (tertiary/aromatic N) is 2. The minimum absolute atomic E-state index is 0.0156. The zero-order chi connectivity index (χ0) is 28.3. The molecule has 10 heteroatoms. The number of rotatable bonds is 8. The molecule has 1 N–H and O–H groups in total. The highest BCUT2D eigenvalue weighted by molar-refractivity contribution is 5.94. The van der Waals surface area contributed by atoms with E-state index < -0.39 is 22.3 Å². The summed E-state index contributed by atoms with van der Waals surface area (Å²) in [6, 6.07) is 19.5. The van der Waals surface area contributed by atoms with Gasteiger partial charge in [-0.2, -0.15) is 0 Å². The van der Waals surface area contributed by atoms with E-state index in [1.807, 2.05) is 6.07 Å². The summed E-state index contributed by atoms with van der Waals surface area (Å²) < 4.78 is 16.6. The van der Waals surface area contributed by atoms with E-state index in [0.717, 1.165) is 32.1 Å². The van der Waals surface area contributed by atoms with Gasteiger partial charge in [0.05, 0.1) is 10.3 Å². The van der Waals surface area contributed by atoms with Crippen LogP contribution < -0.4 is 25.3 Å². The predicted molar refractivity (Wildman–Crippen MR) is 152 cm³/mol. The molecule has 1 saturated carbocycles. The number of para-hydroxylation sites is 1. The Morgan fingerprint density at radius 1 is 0.976 bits per heavy atom. The molecule has 1 atom stereocenters. The van der Waals surface area contributed by atoms with Gasteiger partial charge in [-0.25, -0.2) is 4.79 Å².